The Morgan fingerprint density at radius 1 is 0.868 bits per heavy atom. The maximum atomic E-state index is 12.7. The number of anilines is 2. The van der Waals surface area contributed by atoms with Gasteiger partial charge < -0.3 is 20.0 Å². The monoisotopic (exact) mass is 548 g/mol. The van der Waals surface area contributed by atoms with Gasteiger partial charge in [-0.3, -0.25) is 4.79 Å². The first-order chi connectivity index (χ1) is 18.5. The normalized spacial score (nSPS) is 13.8. The molecule has 0 radical (unpaired) electrons. The van der Waals surface area contributed by atoms with Crippen molar-refractivity contribution in [1.82, 2.24) is 20.2 Å². The van der Waals surface area contributed by atoms with E-state index in [2.05, 4.69) is 37.1 Å². The lowest BCUT2D eigenvalue weighted by atomic mass is 10.2. The van der Waals surface area contributed by atoms with Crippen molar-refractivity contribution in [3.05, 3.63) is 94.1 Å². The van der Waals surface area contributed by atoms with E-state index in [1.807, 2.05) is 61.6 Å². The predicted octanol–water partition coefficient (Wildman–Crippen LogP) is 5.13. The number of fused-ring (bicyclic) bond motifs is 1. The van der Waals surface area contributed by atoms with Gasteiger partial charge in [-0.05, 0) is 55.1 Å². The molecular weight excluding hydrogens is 519 g/mol. The molecule has 2 aromatic carbocycles. The van der Waals surface area contributed by atoms with E-state index < -0.39 is 0 Å². The molecule has 1 aliphatic rings. The first kappa shape index (κ1) is 26.2. The summed E-state index contributed by atoms with van der Waals surface area (Å²) < 4.78 is 0. The number of piperazine rings is 1. The average molecular weight is 550 g/mol. The zero-order valence-electron chi connectivity index (χ0n) is 21.3. The highest BCUT2D eigenvalue weighted by atomic mass is 35.5. The van der Waals surface area contributed by atoms with Crippen molar-refractivity contribution < 1.29 is 4.79 Å². The van der Waals surface area contributed by atoms with Gasteiger partial charge in [0.25, 0.3) is 5.91 Å². The minimum atomic E-state index is -0.178. The molecule has 9 heteroatoms. The number of aromatic nitrogens is 2. The molecule has 0 bridgehead atoms. The van der Waals surface area contributed by atoms with E-state index in [1.165, 1.54) is 5.56 Å². The highest BCUT2D eigenvalue weighted by molar-refractivity contribution is 6.42. The van der Waals surface area contributed by atoms with Crippen molar-refractivity contribution in [2.45, 2.75) is 6.54 Å². The molecule has 7 nitrogen and oxygen atoms in total. The summed E-state index contributed by atoms with van der Waals surface area (Å²) in [7, 11) is 2.05. The fourth-order valence-corrected chi connectivity index (χ4v) is 4.89. The van der Waals surface area contributed by atoms with E-state index in [1.54, 1.807) is 6.07 Å². The van der Waals surface area contributed by atoms with Crippen molar-refractivity contribution in [3.63, 3.8) is 0 Å². The number of nitrogens with zero attached hydrogens (tertiary/aromatic N) is 5. The number of hydrogen-bond acceptors (Lipinski definition) is 6. The van der Waals surface area contributed by atoms with Crippen molar-refractivity contribution in [2.24, 2.45) is 0 Å². The number of likely N-dealkylation sites (N-methyl/N-ethyl adjacent to an activating group) is 1. The van der Waals surface area contributed by atoms with Gasteiger partial charge in [-0.1, -0.05) is 53.5 Å². The largest absolute Gasteiger partial charge is 0.368 e. The number of rotatable bonds is 8. The van der Waals surface area contributed by atoms with Gasteiger partial charge in [0.1, 0.15) is 11.5 Å². The Bertz CT molecular complexity index is 1410. The molecule has 1 saturated heterocycles. The molecule has 0 atom stereocenters. The molecule has 38 heavy (non-hydrogen) atoms. The molecule has 4 aromatic rings. The Balaban J connectivity index is 1.15. The predicted molar refractivity (Wildman–Crippen MR) is 156 cm³/mol. The van der Waals surface area contributed by atoms with E-state index >= 15 is 0 Å². The number of benzene rings is 2. The van der Waals surface area contributed by atoms with Gasteiger partial charge in [0.2, 0.25) is 0 Å². The van der Waals surface area contributed by atoms with Crippen LogP contribution in [0.2, 0.25) is 10.0 Å². The summed E-state index contributed by atoms with van der Waals surface area (Å²) in [5.74, 6) is 0.731. The van der Waals surface area contributed by atoms with Gasteiger partial charge in [-0.25, -0.2) is 9.97 Å². The maximum absolute atomic E-state index is 12.7. The first-order valence-corrected chi connectivity index (χ1v) is 13.5. The molecule has 0 saturated carbocycles. The van der Waals surface area contributed by atoms with Gasteiger partial charge in [-0.2, -0.15) is 0 Å². The Kier molecular flexibility index (Phi) is 8.27. The van der Waals surface area contributed by atoms with Crippen LogP contribution in [0.4, 0.5) is 11.5 Å². The number of carbonyl (C=O) groups excluding carboxylic acids is 1. The zero-order chi connectivity index (χ0) is 26.5. The Morgan fingerprint density at radius 2 is 1.58 bits per heavy atom. The van der Waals surface area contributed by atoms with Gasteiger partial charge in [-0.15, -0.1) is 0 Å². The zero-order valence-corrected chi connectivity index (χ0v) is 22.8. The summed E-state index contributed by atoms with van der Waals surface area (Å²) in [5, 5.41) is 4.11. The van der Waals surface area contributed by atoms with Gasteiger partial charge >= 0.3 is 0 Å². The van der Waals surface area contributed by atoms with Crippen molar-refractivity contribution in [3.8, 4) is 0 Å². The molecular formula is C29H30Cl2N6O. The van der Waals surface area contributed by atoms with Crippen LogP contribution in [0.5, 0.6) is 0 Å². The van der Waals surface area contributed by atoms with Crippen LogP contribution in [0, 0.1) is 0 Å². The van der Waals surface area contributed by atoms with Crippen LogP contribution in [-0.2, 0) is 6.54 Å². The maximum Gasteiger partial charge on any atom is 0.269 e. The third-order valence-electron chi connectivity index (χ3n) is 6.71. The van der Waals surface area contributed by atoms with Crippen LogP contribution in [0.15, 0.2) is 72.8 Å². The lowest BCUT2D eigenvalue weighted by molar-refractivity contribution is 0.0945. The smallest absolute Gasteiger partial charge is 0.269 e. The third-order valence-corrected chi connectivity index (χ3v) is 7.45. The third kappa shape index (κ3) is 6.35. The summed E-state index contributed by atoms with van der Waals surface area (Å²) in [5.41, 5.74) is 4.19. The first-order valence-electron chi connectivity index (χ1n) is 12.7. The Hall–Kier alpha value is -3.39. The molecule has 0 aliphatic carbocycles. The standard InChI is InChI=1S/C29H30Cl2N6O/c1-35(20-21-5-3-2-4-6-21)14-13-32-29(38)27-10-9-26-25(33-27)11-12-28(34-26)37-17-15-36(16-18-37)22-7-8-23(30)24(31)19-22/h2-12,19H,13-18,20H2,1H3,(H,32,38). The van der Waals surface area contributed by atoms with Crippen LogP contribution in [0.1, 0.15) is 16.1 Å². The average Bonchev–Trinajstić information content (AvgIpc) is 2.94. The summed E-state index contributed by atoms with van der Waals surface area (Å²) >= 11 is 12.3. The molecule has 2 aromatic heterocycles. The van der Waals surface area contributed by atoms with E-state index in [9.17, 15) is 4.79 Å². The van der Waals surface area contributed by atoms with Crippen molar-refractivity contribution >= 4 is 51.6 Å². The van der Waals surface area contributed by atoms with Crippen molar-refractivity contribution in [1.29, 1.82) is 0 Å². The number of hydrogen-bond donors (Lipinski definition) is 1. The summed E-state index contributed by atoms with van der Waals surface area (Å²) in [6.07, 6.45) is 0. The second-order valence-corrected chi connectivity index (χ2v) is 10.3. The number of nitrogens with one attached hydrogen (secondary N) is 1. The fraction of sp³-hybridized carbons (Fsp3) is 0.276. The number of halogens is 2. The van der Waals surface area contributed by atoms with E-state index in [-0.39, 0.29) is 5.91 Å². The lowest BCUT2D eigenvalue weighted by Crippen LogP contribution is -2.46. The van der Waals surface area contributed by atoms with Crippen molar-refractivity contribution in [2.75, 3.05) is 56.1 Å². The molecule has 0 spiro atoms. The van der Waals surface area contributed by atoms with E-state index in [4.69, 9.17) is 28.2 Å². The molecule has 1 aliphatic heterocycles. The molecule has 1 N–H and O–H groups in total. The molecule has 1 amide bonds. The number of carbonyl (C=O) groups is 1. The summed E-state index contributed by atoms with van der Waals surface area (Å²) in [6.45, 7) is 5.52. The summed E-state index contributed by atoms with van der Waals surface area (Å²) in [4.78, 5) is 28.8. The van der Waals surface area contributed by atoms with Gasteiger partial charge in [0, 0.05) is 51.5 Å². The molecule has 3 heterocycles. The highest BCUT2D eigenvalue weighted by Gasteiger charge is 2.19. The SMILES string of the molecule is CN(CCNC(=O)c1ccc2nc(N3CCN(c4ccc(Cl)c(Cl)c4)CC3)ccc2n1)Cc1ccccc1. The van der Waals surface area contributed by atoms with E-state index in [0.717, 1.165) is 56.3 Å². The Labute approximate surface area is 233 Å². The quantitative estimate of drug-likeness (QED) is 0.329. The number of amides is 1. The Morgan fingerprint density at radius 3 is 2.34 bits per heavy atom. The molecule has 1 fully saturated rings. The second kappa shape index (κ2) is 12.0. The molecule has 0 unspecified atom stereocenters. The minimum Gasteiger partial charge on any atom is -0.368 e. The second-order valence-electron chi connectivity index (χ2n) is 9.46. The van der Waals surface area contributed by atoms with Crippen LogP contribution < -0.4 is 15.1 Å². The number of pyridine rings is 2. The van der Waals surface area contributed by atoms with Crippen LogP contribution in [-0.4, -0.2) is 67.1 Å². The lowest BCUT2D eigenvalue weighted by Gasteiger charge is -2.36. The van der Waals surface area contributed by atoms with Crippen LogP contribution in [0.25, 0.3) is 11.0 Å². The molecule has 5 rings (SSSR count). The molecule has 196 valence electrons. The topological polar surface area (TPSA) is 64.6 Å². The minimum absolute atomic E-state index is 0.178. The van der Waals surface area contributed by atoms with Crippen LogP contribution in [0.3, 0.4) is 0 Å². The highest BCUT2D eigenvalue weighted by Crippen LogP contribution is 2.28. The van der Waals surface area contributed by atoms with Gasteiger partial charge in [0.15, 0.2) is 0 Å². The summed E-state index contributed by atoms with van der Waals surface area (Å²) in [6, 6.07) is 23.6. The fourth-order valence-electron chi connectivity index (χ4n) is 4.60. The van der Waals surface area contributed by atoms with E-state index in [0.29, 0.717) is 27.8 Å². The van der Waals surface area contributed by atoms with Crippen LogP contribution >= 0.6 is 23.2 Å². The van der Waals surface area contributed by atoms with Gasteiger partial charge in [0.05, 0.1) is 21.1 Å².